The van der Waals surface area contributed by atoms with Crippen molar-refractivity contribution in [3.63, 3.8) is 0 Å². The molecule has 0 aromatic carbocycles. The normalized spacial score (nSPS) is 22.2. The molecule has 5 nitrogen and oxygen atoms in total. The standard InChI is InChI=1S/C9H13N3O2/c1-7(13)9-10-6-12(11-9)8-4-2-3-5-14-8/h6,8H,2-5H2,1H3. The Kier molecular flexibility index (Phi) is 2.58. The number of aromatic nitrogens is 3. The van der Waals surface area contributed by atoms with Gasteiger partial charge in [0.2, 0.25) is 5.82 Å². The number of carbonyl (C=O) groups excluding carboxylic acids is 1. The smallest absolute Gasteiger partial charge is 0.217 e. The van der Waals surface area contributed by atoms with Gasteiger partial charge in [-0.2, -0.15) is 0 Å². The van der Waals surface area contributed by atoms with Gasteiger partial charge in [-0.25, -0.2) is 9.67 Å². The molecular formula is C9H13N3O2. The Labute approximate surface area is 82.1 Å². The van der Waals surface area contributed by atoms with Gasteiger partial charge in [0.15, 0.2) is 12.0 Å². The quantitative estimate of drug-likeness (QED) is 0.665. The summed E-state index contributed by atoms with van der Waals surface area (Å²) in [7, 11) is 0. The van der Waals surface area contributed by atoms with Crippen molar-refractivity contribution in [2.75, 3.05) is 6.61 Å². The molecule has 0 bridgehead atoms. The Bertz CT molecular complexity index is 329. The zero-order chi connectivity index (χ0) is 9.97. The summed E-state index contributed by atoms with van der Waals surface area (Å²) in [5, 5.41) is 4.06. The Morgan fingerprint density at radius 1 is 1.64 bits per heavy atom. The van der Waals surface area contributed by atoms with E-state index in [1.807, 2.05) is 0 Å². The van der Waals surface area contributed by atoms with Gasteiger partial charge in [0, 0.05) is 13.5 Å². The van der Waals surface area contributed by atoms with Gasteiger partial charge < -0.3 is 4.74 Å². The molecule has 0 spiro atoms. The van der Waals surface area contributed by atoms with Crippen molar-refractivity contribution in [2.45, 2.75) is 32.4 Å². The lowest BCUT2D eigenvalue weighted by atomic mass is 10.2. The van der Waals surface area contributed by atoms with Crippen LogP contribution >= 0.6 is 0 Å². The van der Waals surface area contributed by atoms with Crippen LogP contribution in [-0.2, 0) is 4.74 Å². The molecule has 1 aromatic heterocycles. The minimum absolute atomic E-state index is 0.0376. The molecular weight excluding hydrogens is 182 g/mol. The van der Waals surface area contributed by atoms with E-state index < -0.39 is 0 Å². The molecule has 0 amide bonds. The molecule has 14 heavy (non-hydrogen) atoms. The van der Waals surface area contributed by atoms with Crippen LogP contribution in [0.1, 0.15) is 43.0 Å². The summed E-state index contributed by atoms with van der Waals surface area (Å²) in [6.07, 6.45) is 4.71. The fourth-order valence-electron chi connectivity index (χ4n) is 1.51. The van der Waals surface area contributed by atoms with E-state index >= 15 is 0 Å². The van der Waals surface area contributed by atoms with Crippen molar-refractivity contribution in [2.24, 2.45) is 0 Å². The number of carbonyl (C=O) groups is 1. The van der Waals surface area contributed by atoms with Crippen molar-refractivity contribution >= 4 is 5.78 Å². The highest BCUT2D eigenvalue weighted by atomic mass is 16.5. The van der Waals surface area contributed by atoms with E-state index in [0.29, 0.717) is 0 Å². The SMILES string of the molecule is CC(=O)c1ncn(C2CCCCO2)n1. The van der Waals surface area contributed by atoms with Gasteiger partial charge in [-0.3, -0.25) is 4.79 Å². The molecule has 1 saturated heterocycles. The zero-order valence-corrected chi connectivity index (χ0v) is 8.14. The molecule has 1 aliphatic rings. The average Bonchev–Trinajstić information content (AvgIpc) is 2.68. The summed E-state index contributed by atoms with van der Waals surface area (Å²) in [5.74, 6) is 0.152. The van der Waals surface area contributed by atoms with Gasteiger partial charge in [-0.1, -0.05) is 0 Å². The van der Waals surface area contributed by atoms with Crippen LogP contribution in [0.15, 0.2) is 6.33 Å². The second kappa shape index (κ2) is 3.88. The first-order valence-corrected chi connectivity index (χ1v) is 4.81. The zero-order valence-electron chi connectivity index (χ0n) is 8.14. The lowest BCUT2D eigenvalue weighted by Gasteiger charge is -2.21. The van der Waals surface area contributed by atoms with Crippen molar-refractivity contribution < 1.29 is 9.53 Å². The molecule has 0 saturated carbocycles. The third kappa shape index (κ3) is 1.82. The molecule has 2 rings (SSSR count). The molecule has 0 radical (unpaired) electrons. The van der Waals surface area contributed by atoms with E-state index in [9.17, 15) is 4.79 Å². The Morgan fingerprint density at radius 2 is 2.50 bits per heavy atom. The summed E-state index contributed by atoms with van der Waals surface area (Å²) < 4.78 is 7.14. The largest absolute Gasteiger partial charge is 0.356 e. The molecule has 76 valence electrons. The van der Waals surface area contributed by atoms with E-state index in [2.05, 4.69) is 10.1 Å². The van der Waals surface area contributed by atoms with Crippen LogP contribution < -0.4 is 0 Å². The molecule has 2 heterocycles. The van der Waals surface area contributed by atoms with E-state index in [0.717, 1.165) is 25.9 Å². The number of Topliss-reactive ketones (excluding diaryl/α,β-unsaturated/α-hetero) is 1. The van der Waals surface area contributed by atoms with Crippen LogP contribution in [0.2, 0.25) is 0 Å². The Morgan fingerprint density at radius 3 is 3.07 bits per heavy atom. The van der Waals surface area contributed by atoms with Crippen LogP contribution in [0.4, 0.5) is 0 Å². The molecule has 1 aromatic rings. The van der Waals surface area contributed by atoms with Gasteiger partial charge in [0.1, 0.15) is 6.33 Å². The van der Waals surface area contributed by atoms with Crippen LogP contribution in [0.3, 0.4) is 0 Å². The van der Waals surface area contributed by atoms with Crippen molar-refractivity contribution in [3.8, 4) is 0 Å². The maximum Gasteiger partial charge on any atom is 0.217 e. The van der Waals surface area contributed by atoms with Gasteiger partial charge in [0.05, 0.1) is 0 Å². The fraction of sp³-hybridized carbons (Fsp3) is 0.667. The van der Waals surface area contributed by atoms with Crippen LogP contribution in [0.5, 0.6) is 0 Å². The Balaban J connectivity index is 2.11. The van der Waals surface area contributed by atoms with Crippen LogP contribution in [-0.4, -0.2) is 27.2 Å². The van der Waals surface area contributed by atoms with Crippen LogP contribution in [0, 0.1) is 0 Å². The highest BCUT2D eigenvalue weighted by Gasteiger charge is 2.17. The molecule has 1 atom stereocenters. The van der Waals surface area contributed by atoms with Gasteiger partial charge >= 0.3 is 0 Å². The second-order valence-corrected chi connectivity index (χ2v) is 3.43. The summed E-state index contributed by atoms with van der Waals surface area (Å²) in [6, 6.07) is 0. The first-order chi connectivity index (χ1) is 6.77. The first-order valence-electron chi connectivity index (χ1n) is 4.81. The highest BCUT2D eigenvalue weighted by molar-refractivity contribution is 5.89. The third-order valence-electron chi connectivity index (χ3n) is 2.27. The summed E-state index contributed by atoms with van der Waals surface area (Å²) in [6.45, 7) is 2.22. The Hall–Kier alpha value is -1.23. The summed E-state index contributed by atoms with van der Waals surface area (Å²) >= 11 is 0. The predicted octanol–water partition coefficient (Wildman–Crippen LogP) is 1.18. The molecule has 1 unspecified atom stereocenters. The van der Waals surface area contributed by atoms with Crippen molar-refractivity contribution in [1.82, 2.24) is 14.8 Å². The van der Waals surface area contributed by atoms with Gasteiger partial charge in [-0.05, 0) is 19.3 Å². The van der Waals surface area contributed by atoms with E-state index in [1.165, 1.54) is 6.92 Å². The summed E-state index contributed by atoms with van der Waals surface area (Å²) in [5.41, 5.74) is 0. The van der Waals surface area contributed by atoms with Crippen molar-refractivity contribution in [3.05, 3.63) is 12.2 Å². The van der Waals surface area contributed by atoms with Gasteiger partial charge in [-0.15, -0.1) is 5.10 Å². The lowest BCUT2D eigenvalue weighted by molar-refractivity contribution is -0.0397. The topological polar surface area (TPSA) is 57.0 Å². The van der Waals surface area contributed by atoms with E-state index in [-0.39, 0.29) is 17.8 Å². The minimum atomic E-state index is -0.112. The number of nitrogens with zero attached hydrogens (tertiary/aromatic N) is 3. The van der Waals surface area contributed by atoms with Gasteiger partial charge in [0.25, 0.3) is 0 Å². The average molecular weight is 195 g/mol. The maximum absolute atomic E-state index is 11.0. The molecule has 1 aliphatic heterocycles. The number of hydrogen-bond donors (Lipinski definition) is 0. The molecule has 0 N–H and O–H groups in total. The number of hydrogen-bond acceptors (Lipinski definition) is 4. The highest BCUT2D eigenvalue weighted by Crippen LogP contribution is 2.20. The third-order valence-corrected chi connectivity index (χ3v) is 2.27. The van der Waals surface area contributed by atoms with Crippen molar-refractivity contribution in [1.29, 1.82) is 0 Å². The first kappa shape index (κ1) is 9.33. The maximum atomic E-state index is 11.0. The summed E-state index contributed by atoms with van der Waals surface area (Å²) in [4.78, 5) is 14.9. The fourth-order valence-corrected chi connectivity index (χ4v) is 1.51. The predicted molar refractivity (Wildman–Crippen MR) is 48.9 cm³/mol. The number of ketones is 1. The lowest BCUT2D eigenvalue weighted by Crippen LogP contribution is -2.18. The minimum Gasteiger partial charge on any atom is -0.356 e. The van der Waals surface area contributed by atoms with E-state index in [1.54, 1.807) is 11.0 Å². The number of rotatable bonds is 2. The van der Waals surface area contributed by atoms with Crippen LogP contribution in [0.25, 0.3) is 0 Å². The molecule has 0 aliphatic carbocycles. The monoisotopic (exact) mass is 195 g/mol. The van der Waals surface area contributed by atoms with E-state index in [4.69, 9.17) is 4.74 Å². The number of ether oxygens (including phenoxy) is 1. The molecule has 1 fully saturated rings. The molecule has 5 heteroatoms. The second-order valence-electron chi connectivity index (χ2n) is 3.43.